The molecule has 0 aliphatic heterocycles. The Hall–Kier alpha value is -3.88. The molecule has 30 heavy (non-hydrogen) atoms. The summed E-state index contributed by atoms with van der Waals surface area (Å²) in [5.41, 5.74) is 1.54. The maximum absolute atomic E-state index is 13.8. The fourth-order valence-corrected chi connectivity index (χ4v) is 2.99. The van der Waals surface area contributed by atoms with Gasteiger partial charge in [-0.2, -0.15) is 5.10 Å². The first-order valence-corrected chi connectivity index (χ1v) is 8.70. The van der Waals surface area contributed by atoms with Crippen molar-refractivity contribution >= 4 is 22.6 Å². The Morgan fingerprint density at radius 3 is 2.50 bits per heavy atom. The van der Waals surface area contributed by atoms with Crippen LogP contribution < -0.4 is 10.1 Å². The molecule has 0 radical (unpaired) electrons. The highest BCUT2D eigenvalue weighted by molar-refractivity contribution is 6.08. The second-order valence-electron chi connectivity index (χ2n) is 6.34. The van der Waals surface area contributed by atoms with E-state index in [1.807, 2.05) is 0 Å². The number of hydrogen-bond donors (Lipinski definition) is 2. The van der Waals surface area contributed by atoms with E-state index >= 15 is 0 Å². The predicted octanol–water partition coefficient (Wildman–Crippen LogP) is 5.52. The van der Waals surface area contributed by atoms with Crippen LogP contribution in [-0.4, -0.2) is 22.5 Å². The number of fused-ring (bicyclic) bond motifs is 1. The van der Waals surface area contributed by atoms with Crippen LogP contribution in [0.2, 0.25) is 0 Å². The van der Waals surface area contributed by atoms with Crippen LogP contribution in [0.5, 0.6) is 5.75 Å². The number of halogens is 4. The number of benzene rings is 3. The molecule has 0 atom stereocenters. The molecule has 1 amide bonds. The van der Waals surface area contributed by atoms with Gasteiger partial charge in [-0.1, -0.05) is 30.3 Å². The number of rotatable bonds is 4. The number of carbonyl (C=O) groups is 1. The highest BCUT2D eigenvalue weighted by Crippen LogP contribution is 2.31. The Kier molecular flexibility index (Phi) is 4.86. The van der Waals surface area contributed by atoms with Crippen molar-refractivity contribution in [2.75, 3.05) is 5.32 Å². The average Bonchev–Trinajstić information content (AvgIpc) is 3.09. The van der Waals surface area contributed by atoms with Gasteiger partial charge in [-0.25, -0.2) is 4.39 Å². The lowest BCUT2D eigenvalue weighted by atomic mass is 10.0. The molecule has 5 nitrogen and oxygen atoms in total. The van der Waals surface area contributed by atoms with Gasteiger partial charge in [0.1, 0.15) is 11.6 Å². The van der Waals surface area contributed by atoms with E-state index in [0.29, 0.717) is 22.0 Å². The minimum atomic E-state index is -4.78. The molecule has 1 aromatic heterocycles. The number of carbonyl (C=O) groups excluding carboxylic acids is 1. The second-order valence-corrected chi connectivity index (χ2v) is 6.34. The molecule has 4 aromatic rings. The van der Waals surface area contributed by atoms with Gasteiger partial charge in [0.15, 0.2) is 5.82 Å². The number of aromatic nitrogens is 2. The Morgan fingerprint density at radius 2 is 1.73 bits per heavy atom. The molecule has 0 fully saturated rings. The molecule has 0 saturated carbocycles. The quantitative estimate of drug-likeness (QED) is 0.432. The van der Waals surface area contributed by atoms with Gasteiger partial charge < -0.3 is 10.1 Å². The molecule has 3 aromatic carbocycles. The van der Waals surface area contributed by atoms with Crippen LogP contribution in [0.1, 0.15) is 10.4 Å². The SMILES string of the molecule is O=C(Nc1n[nH]c2cc(-c3cccc(OC(F)(F)F)c3)ccc12)c1ccccc1F. The van der Waals surface area contributed by atoms with Crippen LogP contribution in [0.4, 0.5) is 23.4 Å². The van der Waals surface area contributed by atoms with Gasteiger partial charge in [-0.15, -0.1) is 13.2 Å². The third-order valence-electron chi connectivity index (χ3n) is 4.31. The van der Waals surface area contributed by atoms with Crippen molar-refractivity contribution in [1.82, 2.24) is 10.2 Å². The first kappa shape index (κ1) is 19.4. The Balaban J connectivity index is 1.61. The largest absolute Gasteiger partial charge is 0.573 e. The van der Waals surface area contributed by atoms with Crippen molar-refractivity contribution in [3.63, 3.8) is 0 Å². The smallest absolute Gasteiger partial charge is 0.406 e. The lowest BCUT2D eigenvalue weighted by Gasteiger charge is -2.10. The normalized spacial score (nSPS) is 11.5. The highest BCUT2D eigenvalue weighted by atomic mass is 19.4. The molecule has 9 heteroatoms. The summed E-state index contributed by atoms with van der Waals surface area (Å²) in [4.78, 5) is 12.3. The highest BCUT2D eigenvalue weighted by Gasteiger charge is 2.31. The van der Waals surface area contributed by atoms with Gasteiger partial charge in [-0.05, 0) is 47.5 Å². The molecule has 0 saturated heterocycles. The van der Waals surface area contributed by atoms with Crippen LogP contribution in [0, 0.1) is 5.82 Å². The lowest BCUT2D eigenvalue weighted by Crippen LogP contribution is -2.17. The van der Waals surface area contributed by atoms with E-state index in [2.05, 4.69) is 20.3 Å². The Bertz CT molecular complexity index is 1230. The number of H-pyrrole nitrogens is 1. The van der Waals surface area contributed by atoms with Crippen molar-refractivity contribution in [3.05, 3.63) is 78.1 Å². The fourth-order valence-electron chi connectivity index (χ4n) is 2.99. The standard InChI is InChI=1S/C21H13F4N3O2/c22-17-7-2-1-6-15(17)20(29)26-19-16-9-8-13(11-18(16)27-28-19)12-4-3-5-14(10-12)30-21(23,24)25/h1-11H,(H2,26,27,28,29). The number of anilines is 1. The summed E-state index contributed by atoms with van der Waals surface area (Å²) in [7, 11) is 0. The second kappa shape index (κ2) is 7.51. The fraction of sp³-hybridized carbons (Fsp3) is 0.0476. The number of amides is 1. The van der Waals surface area contributed by atoms with E-state index in [-0.39, 0.29) is 17.1 Å². The van der Waals surface area contributed by atoms with E-state index < -0.39 is 18.1 Å². The van der Waals surface area contributed by atoms with Crippen molar-refractivity contribution in [3.8, 4) is 16.9 Å². The van der Waals surface area contributed by atoms with Gasteiger partial charge >= 0.3 is 6.36 Å². The number of hydrogen-bond acceptors (Lipinski definition) is 3. The number of ether oxygens (including phenoxy) is 1. The molecule has 4 rings (SSSR count). The van der Waals surface area contributed by atoms with Crippen LogP contribution in [0.15, 0.2) is 66.7 Å². The summed E-state index contributed by atoms with van der Waals surface area (Å²) < 4.78 is 55.1. The third kappa shape index (κ3) is 4.09. The number of nitrogens with zero attached hydrogens (tertiary/aromatic N) is 1. The maximum atomic E-state index is 13.8. The van der Waals surface area contributed by atoms with Gasteiger partial charge in [-0.3, -0.25) is 9.89 Å². The molecular formula is C21H13F4N3O2. The van der Waals surface area contributed by atoms with E-state index in [4.69, 9.17) is 0 Å². The average molecular weight is 415 g/mol. The molecular weight excluding hydrogens is 402 g/mol. The summed E-state index contributed by atoms with van der Waals surface area (Å²) in [5.74, 6) is -1.43. The van der Waals surface area contributed by atoms with Gasteiger partial charge in [0.2, 0.25) is 0 Å². The summed E-state index contributed by atoms with van der Waals surface area (Å²) >= 11 is 0. The van der Waals surface area contributed by atoms with E-state index in [1.165, 1.54) is 36.4 Å². The van der Waals surface area contributed by atoms with Crippen molar-refractivity contribution in [1.29, 1.82) is 0 Å². The van der Waals surface area contributed by atoms with Crippen molar-refractivity contribution in [2.45, 2.75) is 6.36 Å². The van der Waals surface area contributed by atoms with Crippen LogP contribution in [-0.2, 0) is 0 Å². The molecule has 0 unspecified atom stereocenters. The summed E-state index contributed by atoms with van der Waals surface area (Å²) in [5, 5.41) is 9.90. The topological polar surface area (TPSA) is 67.0 Å². The maximum Gasteiger partial charge on any atom is 0.573 e. The minimum Gasteiger partial charge on any atom is -0.406 e. The number of aromatic amines is 1. The zero-order valence-electron chi connectivity index (χ0n) is 15.1. The number of nitrogens with one attached hydrogen (secondary N) is 2. The van der Waals surface area contributed by atoms with Crippen LogP contribution in [0.3, 0.4) is 0 Å². The van der Waals surface area contributed by atoms with Crippen LogP contribution >= 0.6 is 0 Å². The van der Waals surface area contributed by atoms with Crippen molar-refractivity contribution < 1.29 is 27.1 Å². The van der Waals surface area contributed by atoms with E-state index in [9.17, 15) is 22.4 Å². The van der Waals surface area contributed by atoms with Gasteiger partial charge in [0.05, 0.1) is 11.1 Å². The van der Waals surface area contributed by atoms with Crippen LogP contribution in [0.25, 0.3) is 22.0 Å². The molecule has 152 valence electrons. The lowest BCUT2D eigenvalue weighted by molar-refractivity contribution is -0.274. The predicted molar refractivity (Wildman–Crippen MR) is 103 cm³/mol. The zero-order valence-corrected chi connectivity index (χ0v) is 15.1. The first-order chi connectivity index (χ1) is 14.3. The Labute approximate surface area is 167 Å². The first-order valence-electron chi connectivity index (χ1n) is 8.70. The van der Waals surface area contributed by atoms with Gasteiger partial charge in [0, 0.05) is 5.39 Å². The van der Waals surface area contributed by atoms with E-state index in [0.717, 1.165) is 0 Å². The molecule has 0 aliphatic rings. The Morgan fingerprint density at radius 1 is 0.967 bits per heavy atom. The summed E-state index contributed by atoms with van der Waals surface area (Å²) in [6.07, 6.45) is -4.78. The third-order valence-corrected chi connectivity index (χ3v) is 4.31. The molecule has 2 N–H and O–H groups in total. The zero-order chi connectivity index (χ0) is 21.3. The minimum absolute atomic E-state index is 0.119. The molecule has 0 bridgehead atoms. The summed E-state index contributed by atoms with van der Waals surface area (Å²) in [6, 6.07) is 16.1. The molecule has 1 heterocycles. The van der Waals surface area contributed by atoms with Gasteiger partial charge in [0.25, 0.3) is 5.91 Å². The number of alkyl halides is 3. The molecule has 0 aliphatic carbocycles. The monoisotopic (exact) mass is 415 g/mol. The summed E-state index contributed by atoms with van der Waals surface area (Å²) in [6.45, 7) is 0. The van der Waals surface area contributed by atoms with Crippen molar-refractivity contribution in [2.24, 2.45) is 0 Å². The molecule has 0 spiro atoms. The van der Waals surface area contributed by atoms with E-state index in [1.54, 1.807) is 30.3 Å².